The van der Waals surface area contributed by atoms with Crippen LogP contribution in [0.4, 0.5) is 10.7 Å². The molecule has 1 aliphatic heterocycles. The highest BCUT2D eigenvalue weighted by atomic mass is 16.2. The average molecular weight is 249 g/mol. The van der Waals surface area contributed by atoms with Gasteiger partial charge in [-0.2, -0.15) is 0 Å². The van der Waals surface area contributed by atoms with Gasteiger partial charge in [0.15, 0.2) is 0 Å². The van der Waals surface area contributed by atoms with E-state index in [2.05, 4.69) is 15.3 Å². The predicted molar refractivity (Wildman–Crippen MR) is 69.3 cm³/mol. The van der Waals surface area contributed by atoms with Gasteiger partial charge in [0.1, 0.15) is 0 Å². The zero-order valence-corrected chi connectivity index (χ0v) is 10.8. The van der Waals surface area contributed by atoms with E-state index in [-0.39, 0.29) is 12.1 Å². The number of primary amides is 1. The van der Waals surface area contributed by atoms with Crippen LogP contribution in [0.5, 0.6) is 0 Å². The molecule has 1 atom stereocenters. The van der Waals surface area contributed by atoms with Crippen molar-refractivity contribution >= 4 is 12.0 Å². The molecule has 2 amide bonds. The van der Waals surface area contributed by atoms with Crippen molar-refractivity contribution in [1.29, 1.82) is 0 Å². The number of carbonyl (C=O) groups excluding carboxylic acids is 1. The van der Waals surface area contributed by atoms with Crippen LogP contribution >= 0.6 is 0 Å². The number of nitrogens with two attached hydrogens (primary N) is 1. The molecular formula is C12H19N5O. The zero-order chi connectivity index (χ0) is 13.1. The molecule has 0 aliphatic carbocycles. The van der Waals surface area contributed by atoms with Crippen LogP contribution in [0.15, 0.2) is 6.07 Å². The normalized spacial score (nSPS) is 19.7. The summed E-state index contributed by atoms with van der Waals surface area (Å²) < 4.78 is 0. The van der Waals surface area contributed by atoms with Crippen LogP contribution in [0.3, 0.4) is 0 Å². The van der Waals surface area contributed by atoms with Crippen LogP contribution in [0.2, 0.25) is 0 Å². The summed E-state index contributed by atoms with van der Waals surface area (Å²) in [6, 6.07) is 1.75. The molecule has 0 aromatic carbocycles. The smallest absolute Gasteiger partial charge is 0.314 e. The molecule has 0 saturated carbocycles. The monoisotopic (exact) mass is 249 g/mol. The SMILES string of the molecule is Cc1cc(C)nc(N[C@@H]2CCCN(C(N)=O)C2)n1. The molecule has 6 heteroatoms. The van der Waals surface area contributed by atoms with Crippen LogP contribution in [0, 0.1) is 13.8 Å². The highest BCUT2D eigenvalue weighted by Gasteiger charge is 2.22. The summed E-state index contributed by atoms with van der Waals surface area (Å²) in [4.78, 5) is 21.5. The van der Waals surface area contributed by atoms with Crippen molar-refractivity contribution in [2.45, 2.75) is 32.7 Å². The maximum absolute atomic E-state index is 11.1. The fraction of sp³-hybridized carbons (Fsp3) is 0.583. The average Bonchev–Trinajstić information content (AvgIpc) is 2.27. The molecule has 1 aliphatic rings. The Morgan fingerprint density at radius 3 is 2.72 bits per heavy atom. The second-order valence-corrected chi connectivity index (χ2v) is 4.74. The first-order valence-electron chi connectivity index (χ1n) is 6.18. The Morgan fingerprint density at radius 1 is 1.44 bits per heavy atom. The predicted octanol–water partition coefficient (Wildman–Crippen LogP) is 1.05. The van der Waals surface area contributed by atoms with Gasteiger partial charge in [0.05, 0.1) is 0 Å². The van der Waals surface area contributed by atoms with Gasteiger partial charge in [-0.3, -0.25) is 0 Å². The molecule has 1 fully saturated rings. The van der Waals surface area contributed by atoms with E-state index in [1.54, 1.807) is 4.90 Å². The molecule has 18 heavy (non-hydrogen) atoms. The number of amides is 2. The highest BCUT2D eigenvalue weighted by molar-refractivity contribution is 5.72. The first-order valence-corrected chi connectivity index (χ1v) is 6.18. The Bertz CT molecular complexity index is 428. The Kier molecular flexibility index (Phi) is 3.64. The topological polar surface area (TPSA) is 84.1 Å². The van der Waals surface area contributed by atoms with Crippen LogP contribution in [-0.2, 0) is 0 Å². The van der Waals surface area contributed by atoms with Crippen LogP contribution in [0.25, 0.3) is 0 Å². The molecule has 2 heterocycles. The minimum atomic E-state index is -0.358. The van der Waals surface area contributed by atoms with E-state index in [0.717, 1.165) is 30.8 Å². The summed E-state index contributed by atoms with van der Waals surface area (Å²) in [5.74, 6) is 0.629. The lowest BCUT2D eigenvalue weighted by Crippen LogP contribution is -2.47. The van der Waals surface area contributed by atoms with Crippen molar-refractivity contribution in [2.75, 3.05) is 18.4 Å². The number of aryl methyl sites for hydroxylation is 2. The van der Waals surface area contributed by atoms with E-state index in [1.165, 1.54) is 0 Å². The largest absolute Gasteiger partial charge is 0.351 e. The Balaban J connectivity index is 2.02. The summed E-state index contributed by atoms with van der Waals surface area (Å²) in [6.07, 6.45) is 1.95. The first kappa shape index (κ1) is 12.6. The number of rotatable bonds is 2. The number of urea groups is 1. The van der Waals surface area contributed by atoms with Gasteiger partial charge in [0.2, 0.25) is 5.95 Å². The van der Waals surface area contributed by atoms with Crippen LogP contribution in [-0.4, -0.2) is 40.0 Å². The molecule has 98 valence electrons. The molecule has 0 radical (unpaired) electrons. The van der Waals surface area contributed by atoms with Crippen molar-refractivity contribution in [3.8, 4) is 0 Å². The van der Waals surface area contributed by atoms with E-state index in [0.29, 0.717) is 12.5 Å². The van der Waals surface area contributed by atoms with Crippen molar-refractivity contribution in [3.63, 3.8) is 0 Å². The Morgan fingerprint density at radius 2 is 2.11 bits per heavy atom. The number of carbonyl (C=O) groups is 1. The lowest BCUT2D eigenvalue weighted by atomic mass is 10.1. The zero-order valence-electron chi connectivity index (χ0n) is 10.8. The minimum Gasteiger partial charge on any atom is -0.351 e. The molecule has 0 bridgehead atoms. The number of nitrogens with one attached hydrogen (secondary N) is 1. The van der Waals surface area contributed by atoms with Crippen LogP contribution in [0.1, 0.15) is 24.2 Å². The Hall–Kier alpha value is -1.85. The van der Waals surface area contributed by atoms with Crippen molar-refractivity contribution in [1.82, 2.24) is 14.9 Å². The van der Waals surface area contributed by atoms with Crippen molar-refractivity contribution in [2.24, 2.45) is 5.73 Å². The number of hydrogen-bond donors (Lipinski definition) is 2. The van der Waals surface area contributed by atoms with Gasteiger partial charge in [-0.05, 0) is 32.8 Å². The second-order valence-electron chi connectivity index (χ2n) is 4.74. The third kappa shape index (κ3) is 3.09. The van der Waals surface area contributed by atoms with E-state index < -0.39 is 0 Å². The number of hydrogen-bond acceptors (Lipinski definition) is 4. The standard InChI is InChI=1S/C12H19N5O/c1-8-6-9(2)15-12(14-8)16-10-4-3-5-17(7-10)11(13)18/h6,10H,3-5,7H2,1-2H3,(H2,13,18)(H,14,15,16)/t10-/m1/s1. The number of nitrogens with zero attached hydrogens (tertiary/aromatic N) is 3. The molecule has 6 nitrogen and oxygen atoms in total. The fourth-order valence-electron chi connectivity index (χ4n) is 2.27. The number of aromatic nitrogens is 2. The van der Waals surface area contributed by atoms with Crippen LogP contribution < -0.4 is 11.1 Å². The lowest BCUT2D eigenvalue weighted by molar-refractivity contribution is 0.192. The van der Waals surface area contributed by atoms with E-state index in [1.807, 2.05) is 19.9 Å². The highest BCUT2D eigenvalue weighted by Crippen LogP contribution is 2.14. The van der Waals surface area contributed by atoms with Gasteiger partial charge in [0, 0.05) is 30.5 Å². The summed E-state index contributed by atoms with van der Waals surface area (Å²) in [6.45, 7) is 5.24. The number of piperidine rings is 1. The summed E-state index contributed by atoms with van der Waals surface area (Å²) >= 11 is 0. The molecule has 1 saturated heterocycles. The van der Waals surface area contributed by atoms with Gasteiger partial charge >= 0.3 is 6.03 Å². The molecule has 0 spiro atoms. The maximum atomic E-state index is 11.1. The van der Waals surface area contributed by atoms with Gasteiger partial charge in [-0.1, -0.05) is 0 Å². The lowest BCUT2D eigenvalue weighted by Gasteiger charge is -2.31. The van der Waals surface area contributed by atoms with Gasteiger partial charge in [-0.25, -0.2) is 14.8 Å². The van der Waals surface area contributed by atoms with E-state index in [4.69, 9.17) is 5.73 Å². The summed E-state index contributed by atoms with van der Waals surface area (Å²) in [7, 11) is 0. The van der Waals surface area contributed by atoms with Gasteiger partial charge < -0.3 is 16.0 Å². The van der Waals surface area contributed by atoms with Gasteiger partial charge in [0.25, 0.3) is 0 Å². The molecule has 1 aromatic rings. The van der Waals surface area contributed by atoms with Crippen molar-refractivity contribution < 1.29 is 4.79 Å². The van der Waals surface area contributed by atoms with E-state index in [9.17, 15) is 4.79 Å². The Labute approximate surface area is 107 Å². The maximum Gasteiger partial charge on any atom is 0.314 e. The quantitative estimate of drug-likeness (QED) is 0.820. The number of likely N-dealkylation sites (tertiary alicyclic amines) is 1. The van der Waals surface area contributed by atoms with Crippen molar-refractivity contribution in [3.05, 3.63) is 17.5 Å². The molecule has 0 unspecified atom stereocenters. The fourth-order valence-corrected chi connectivity index (χ4v) is 2.27. The summed E-state index contributed by atoms with van der Waals surface area (Å²) in [5, 5.41) is 3.28. The third-order valence-corrected chi connectivity index (χ3v) is 3.05. The first-order chi connectivity index (χ1) is 8.54. The van der Waals surface area contributed by atoms with Gasteiger partial charge in [-0.15, -0.1) is 0 Å². The molecule has 2 rings (SSSR count). The summed E-state index contributed by atoms with van der Waals surface area (Å²) in [5.41, 5.74) is 7.17. The number of anilines is 1. The minimum absolute atomic E-state index is 0.174. The van der Waals surface area contributed by atoms with E-state index >= 15 is 0 Å². The molecule has 1 aromatic heterocycles. The molecular weight excluding hydrogens is 230 g/mol. The third-order valence-electron chi connectivity index (χ3n) is 3.05. The second kappa shape index (κ2) is 5.20. The molecule has 3 N–H and O–H groups in total.